The predicted octanol–water partition coefficient (Wildman–Crippen LogP) is 3.33. The van der Waals surface area contributed by atoms with Gasteiger partial charge in [0.1, 0.15) is 18.1 Å². The average molecular weight is 408 g/mol. The SMILES string of the molecule is CCOc1ccc(S(=O)(=O)N(CC(=O)N[C@@H](C)CC)c2ccc(F)cc2)cc1. The predicted molar refractivity (Wildman–Crippen MR) is 106 cm³/mol. The fourth-order valence-corrected chi connectivity index (χ4v) is 3.90. The van der Waals surface area contributed by atoms with Crippen LogP contribution in [0.4, 0.5) is 10.1 Å². The summed E-state index contributed by atoms with van der Waals surface area (Å²) in [6.07, 6.45) is 0.716. The van der Waals surface area contributed by atoms with Crippen molar-refractivity contribution in [2.45, 2.75) is 38.1 Å². The van der Waals surface area contributed by atoms with Crippen molar-refractivity contribution in [1.29, 1.82) is 0 Å². The molecule has 2 aromatic rings. The Hall–Kier alpha value is -2.61. The summed E-state index contributed by atoms with van der Waals surface area (Å²) in [7, 11) is -4.04. The van der Waals surface area contributed by atoms with Gasteiger partial charge in [-0.1, -0.05) is 6.92 Å². The minimum Gasteiger partial charge on any atom is -0.494 e. The summed E-state index contributed by atoms with van der Waals surface area (Å²) < 4.78 is 46.0. The number of amides is 1. The summed E-state index contributed by atoms with van der Waals surface area (Å²) in [5.41, 5.74) is 0.203. The molecule has 0 aliphatic rings. The molecule has 0 bridgehead atoms. The van der Waals surface area contributed by atoms with Gasteiger partial charge >= 0.3 is 0 Å². The van der Waals surface area contributed by atoms with Crippen molar-refractivity contribution in [2.24, 2.45) is 0 Å². The third kappa shape index (κ3) is 5.45. The molecule has 2 aromatic carbocycles. The molecule has 0 unspecified atom stereocenters. The number of nitrogens with one attached hydrogen (secondary N) is 1. The number of benzene rings is 2. The molecule has 8 heteroatoms. The van der Waals surface area contributed by atoms with Crippen molar-refractivity contribution in [3.8, 4) is 5.75 Å². The second-order valence-corrected chi connectivity index (χ2v) is 8.13. The monoisotopic (exact) mass is 408 g/mol. The number of hydrogen-bond donors (Lipinski definition) is 1. The number of anilines is 1. The van der Waals surface area contributed by atoms with E-state index in [1.54, 1.807) is 12.1 Å². The maximum absolute atomic E-state index is 13.3. The number of halogens is 1. The molecule has 0 heterocycles. The van der Waals surface area contributed by atoms with Crippen LogP contribution in [0.1, 0.15) is 27.2 Å². The molecule has 6 nitrogen and oxygen atoms in total. The van der Waals surface area contributed by atoms with Gasteiger partial charge in [0, 0.05) is 6.04 Å². The van der Waals surface area contributed by atoms with E-state index < -0.39 is 28.3 Å². The maximum Gasteiger partial charge on any atom is 0.264 e. The van der Waals surface area contributed by atoms with Gasteiger partial charge in [-0.05, 0) is 68.8 Å². The molecule has 1 atom stereocenters. The van der Waals surface area contributed by atoms with E-state index in [0.29, 0.717) is 18.8 Å². The largest absolute Gasteiger partial charge is 0.494 e. The van der Waals surface area contributed by atoms with Gasteiger partial charge in [0.25, 0.3) is 10.0 Å². The first-order valence-corrected chi connectivity index (χ1v) is 10.5. The molecule has 0 aliphatic carbocycles. The van der Waals surface area contributed by atoms with Gasteiger partial charge in [0.15, 0.2) is 0 Å². The number of sulfonamides is 1. The highest BCUT2D eigenvalue weighted by atomic mass is 32.2. The van der Waals surface area contributed by atoms with Crippen molar-refractivity contribution < 1.29 is 22.3 Å². The molecular formula is C20H25FN2O4S. The summed E-state index contributed by atoms with van der Waals surface area (Å²) in [5, 5.41) is 2.75. The fraction of sp³-hybridized carbons (Fsp3) is 0.350. The lowest BCUT2D eigenvalue weighted by Crippen LogP contribution is -2.43. The second kappa shape index (κ2) is 9.54. The Labute approximate surface area is 165 Å². The van der Waals surface area contributed by atoms with Crippen LogP contribution in [0, 0.1) is 5.82 Å². The van der Waals surface area contributed by atoms with Crippen molar-refractivity contribution >= 4 is 21.6 Å². The smallest absolute Gasteiger partial charge is 0.264 e. The van der Waals surface area contributed by atoms with Crippen molar-refractivity contribution in [3.05, 3.63) is 54.3 Å². The molecule has 0 saturated carbocycles. The molecule has 152 valence electrons. The van der Waals surface area contributed by atoms with Crippen LogP contribution in [-0.4, -0.2) is 33.5 Å². The van der Waals surface area contributed by atoms with E-state index in [4.69, 9.17) is 4.74 Å². The van der Waals surface area contributed by atoms with E-state index in [1.807, 2.05) is 20.8 Å². The summed E-state index contributed by atoms with van der Waals surface area (Å²) in [4.78, 5) is 12.4. The van der Waals surface area contributed by atoms with Crippen LogP contribution >= 0.6 is 0 Å². The van der Waals surface area contributed by atoms with E-state index >= 15 is 0 Å². The number of rotatable bonds is 9. The van der Waals surface area contributed by atoms with Crippen LogP contribution in [0.25, 0.3) is 0 Å². The minimum absolute atomic E-state index is 0.0108. The van der Waals surface area contributed by atoms with E-state index in [9.17, 15) is 17.6 Å². The molecule has 1 amide bonds. The first-order valence-electron chi connectivity index (χ1n) is 9.08. The highest BCUT2D eigenvalue weighted by Gasteiger charge is 2.27. The Balaban J connectivity index is 2.38. The Bertz CT molecular complexity index is 883. The van der Waals surface area contributed by atoms with Crippen LogP contribution in [0.15, 0.2) is 53.4 Å². The average Bonchev–Trinajstić information content (AvgIpc) is 2.67. The Kier molecular flexibility index (Phi) is 7.39. The highest BCUT2D eigenvalue weighted by Crippen LogP contribution is 2.25. The van der Waals surface area contributed by atoms with Crippen LogP contribution in [-0.2, 0) is 14.8 Å². The second-order valence-electron chi connectivity index (χ2n) is 6.27. The Morgan fingerprint density at radius 1 is 1.11 bits per heavy atom. The number of nitrogens with zero attached hydrogens (tertiary/aromatic N) is 1. The zero-order chi connectivity index (χ0) is 20.7. The molecule has 0 fully saturated rings. The van der Waals surface area contributed by atoms with Gasteiger partial charge in [0.2, 0.25) is 5.91 Å². The molecule has 1 N–H and O–H groups in total. The molecule has 0 aliphatic heterocycles. The number of carbonyl (C=O) groups excluding carboxylic acids is 1. The zero-order valence-corrected chi connectivity index (χ0v) is 17.0. The standard InChI is InChI=1S/C20H25FN2O4S/c1-4-15(3)22-20(24)14-23(17-8-6-16(21)7-9-17)28(25,26)19-12-10-18(11-13-19)27-5-2/h6-13,15H,4-5,14H2,1-3H3,(H,22,24)/t15-/m0/s1. The van der Waals surface area contributed by atoms with Gasteiger partial charge in [-0.15, -0.1) is 0 Å². The van der Waals surface area contributed by atoms with Gasteiger partial charge in [-0.3, -0.25) is 9.10 Å². The van der Waals surface area contributed by atoms with E-state index in [-0.39, 0.29) is 16.6 Å². The minimum atomic E-state index is -4.04. The third-order valence-electron chi connectivity index (χ3n) is 4.14. The summed E-state index contributed by atoms with van der Waals surface area (Å²) in [6, 6.07) is 10.8. The summed E-state index contributed by atoms with van der Waals surface area (Å²) >= 11 is 0. The lowest BCUT2D eigenvalue weighted by atomic mass is 10.2. The highest BCUT2D eigenvalue weighted by molar-refractivity contribution is 7.92. The van der Waals surface area contributed by atoms with Crippen LogP contribution in [0.2, 0.25) is 0 Å². The van der Waals surface area contributed by atoms with Crippen LogP contribution in [0.3, 0.4) is 0 Å². The van der Waals surface area contributed by atoms with Crippen molar-refractivity contribution in [1.82, 2.24) is 5.32 Å². The van der Waals surface area contributed by atoms with Crippen molar-refractivity contribution in [2.75, 3.05) is 17.5 Å². The Morgan fingerprint density at radius 3 is 2.25 bits per heavy atom. The molecule has 0 saturated heterocycles. The zero-order valence-electron chi connectivity index (χ0n) is 16.2. The fourth-order valence-electron chi connectivity index (χ4n) is 2.48. The maximum atomic E-state index is 13.3. The number of ether oxygens (including phenoxy) is 1. The lowest BCUT2D eigenvalue weighted by Gasteiger charge is -2.25. The molecule has 2 rings (SSSR count). The first kappa shape index (κ1) is 21.7. The topological polar surface area (TPSA) is 75.7 Å². The van der Waals surface area contributed by atoms with E-state index in [2.05, 4.69) is 5.32 Å². The van der Waals surface area contributed by atoms with Gasteiger partial charge in [0.05, 0.1) is 17.2 Å². The third-order valence-corrected chi connectivity index (χ3v) is 5.93. The van der Waals surface area contributed by atoms with E-state index in [0.717, 1.165) is 16.4 Å². The molecule has 28 heavy (non-hydrogen) atoms. The van der Waals surface area contributed by atoms with Gasteiger partial charge < -0.3 is 10.1 Å². The lowest BCUT2D eigenvalue weighted by molar-refractivity contribution is -0.120. The van der Waals surface area contributed by atoms with Crippen LogP contribution < -0.4 is 14.4 Å². The molecule has 0 spiro atoms. The normalized spacial score (nSPS) is 12.3. The quantitative estimate of drug-likeness (QED) is 0.691. The van der Waals surface area contributed by atoms with Gasteiger partial charge in [-0.25, -0.2) is 12.8 Å². The van der Waals surface area contributed by atoms with Gasteiger partial charge in [-0.2, -0.15) is 0 Å². The van der Waals surface area contributed by atoms with Crippen molar-refractivity contribution in [3.63, 3.8) is 0 Å². The summed E-state index contributed by atoms with van der Waals surface area (Å²) in [6.45, 7) is 5.63. The molecule has 0 aromatic heterocycles. The Morgan fingerprint density at radius 2 is 1.71 bits per heavy atom. The summed E-state index contributed by atoms with van der Waals surface area (Å²) in [5.74, 6) is -0.385. The number of hydrogen-bond acceptors (Lipinski definition) is 4. The number of carbonyl (C=O) groups is 1. The molecular weight excluding hydrogens is 383 g/mol. The van der Waals surface area contributed by atoms with E-state index in [1.165, 1.54) is 24.3 Å². The molecule has 0 radical (unpaired) electrons. The van der Waals surface area contributed by atoms with Crippen LogP contribution in [0.5, 0.6) is 5.75 Å². The first-order chi connectivity index (χ1) is 13.3.